The Morgan fingerprint density at radius 3 is 2.56 bits per heavy atom. The molecule has 9 heteroatoms. The minimum atomic E-state index is -0.472. The van der Waals surface area contributed by atoms with Gasteiger partial charge in [0.1, 0.15) is 18.2 Å². The highest BCUT2D eigenvalue weighted by molar-refractivity contribution is 6.42. The zero-order valence-electron chi connectivity index (χ0n) is 19.2. The summed E-state index contributed by atoms with van der Waals surface area (Å²) in [7, 11) is 1.56. The maximum Gasteiger partial charge on any atom is 0.244 e. The molecular weight excluding hydrogens is 475 g/mol. The average molecular weight is 499 g/mol. The molecule has 0 aliphatic carbocycles. The van der Waals surface area contributed by atoms with Crippen LogP contribution in [0.2, 0.25) is 10.0 Å². The van der Waals surface area contributed by atoms with Gasteiger partial charge in [-0.1, -0.05) is 56.1 Å². The second-order valence-corrected chi connectivity index (χ2v) is 9.75. The highest BCUT2D eigenvalue weighted by atomic mass is 35.5. The molecule has 1 atom stereocenters. The number of benzene rings is 2. The SMILES string of the molecule is COc1cc([C@@H]2C(C#N)=C(N)Oc3n[nH]c(C(C)(C)C)c32)ccc1OCc1ccc(Cl)c(Cl)c1. The number of aromatic nitrogens is 2. The van der Waals surface area contributed by atoms with Crippen LogP contribution in [0.3, 0.4) is 0 Å². The van der Waals surface area contributed by atoms with Crippen molar-refractivity contribution in [2.45, 2.75) is 38.7 Å². The van der Waals surface area contributed by atoms with Crippen molar-refractivity contribution in [2.24, 2.45) is 5.73 Å². The standard InChI is InChI=1S/C25H24Cl2N4O3/c1-25(2,3)22-21-20(15(11-28)23(29)34-24(21)31-30-22)14-6-8-18(19(10-14)32-4)33-12-13-5-7-16(26)17(27)9-13/h5-10,20H,12,29H2,1-4H3,(H,30,31)/t20-/m1/s1. The monoisotopic (exact) mass is 498 g/mol. The zero-order chi connectivity index (χ0) is 24.6. The molecular formula is C25H24Cl2N4O3. The van der Waals surface area contributed by atoms with Crippen LogP contribution in [0.15, 0.2) is 47.9 Å². The van der Waals surface area contributed by atoms with Crippen LogP contribution in [0, 0.1) is 11.3 Å². The minimum absolute atomic E-state index is 0.0332. The number of nitrogens with zero attached hydrogens (tertiary/aromatic N) is 2. The number of fused-ring (bicyclic) bond motifs is 1. The van der Waals surface area contributed by atoms with Crippen LogP contribution in [0.4, 0.5) is 0 Å². The van der Waals surface area contributed by atoms with E-state index in [1.54, 1.807) is 19.2 Å². The third-order valence-corrected chi connectivity index (χ3v) is 6.33. The van der Waals surface area contributed by atoms with Crippen molar-refractivity contribution in [1.82, 2.24) is 10.2 Å². The van der Waals surface area contributed by atoms with Gasteiger partial charge in [0, 0.05) is 11.1 Å². The van der Waals surface area contributed by atoms with Gasteiger partial charge in [-0.05, 0) is 35.4 Å². The van der Waals surface area contributed by atoms with Gasteiger partial charge in [-0.2, -0.15) is 5.26 Å². The van der Waals surface area contributed by atoms with Crippen molar-refractivity contribution in [3.63, 3.8) is 0 Å². The van der Waals surface area contributed by atoms with Crippen LogP contribution < -0.4 is 19.9 Å². The predicted molar refractivity (Wildman–Crippen MR) is 130 cm³/mol. The molecule has 0 unspecified atom stereocenters. The molecule has 0 saturated carbocycles. The first-order valence-corrected chi connectivity index (χ1v) is 11.3. The van der Waals surface area contributed by atoms with Crippen LogP contribution in [0.5, 0.6) is 17.4 Å². The molecule has 0 spiro atoms. The molecule has 34 heavy (non-hydrogen) atoms. The number of nitrogens with one attached hydrogen (secondary N) is 1. The van der Waals surface area contributed by atoms with E-state index in [9.17, 15) is 5.26 Å². The number of H-pyrrole nitrogens is 1. The Kier molecular flexibility index (Phi) is 6.39. The second-order valence-electron chi connectivity index (χ2n) is 8.94. The molecule has 1 aliphatic heterocycles. The van der Waals surface area contributed by atoms with Gasteiger partial charge in [0.15, 0.2) is 11.5 Å². The van der Waals surface area contributed by atoms with E-state index in [0.29, 0.717) is 33.0 Å². The Morgan fingerprint density at radius 1 is 1.15 bits per heavy atom. The molecule has 0 fully saturated rings. The van der Waals surface area contributed by atoms with Crippen molar-refractivity contribution in [1.29, 1.82) is 5.26 Å². The lowest BCUT2D eigenvalue weighted by Crippen LogP contribution is -2.24. The molecule has 0 amide bonds. The van der Waals surface area contributed by atoms with Crippen LogP contribution in [0.1, 0.15) is 49.1 Å². The van der Waals surface area contributed by atoms with Crippen molar-refractivity contribution >= 4 is 23.2 Å². The zero-order valence-corrected chi connectivity index (χ0v) is 20.7. The summed E-state index contributed by atoms with van der Waals surface area (Å²) in [6, 6.07) is 13.1. The third-order valence-electron chi connectivity index (χ3n) is 5.59. The summed E-state index contributed by atoms with van der Waals surface area (Å²) in [5.74, 6) is 0.988. The van der Waals surface area contributed by atoms with Crippen LogP contribution in [-0.4, -0.2) is 17.3 Å². The van der Waals surface area contributed by atoms with E-state index in [-0.39, 0.29) is 17.9 Å². The highest BCUT2D eigenvalue weighted by Gasteiger charge is 2.38. The lowest BCUT2D eigenvalue weighted by atomic mass is 9.79. The summed E-state index contributed by atoms with van der Waals surface area (Å²) >= 11 is 12.1. The first-order valence-electron chi connectivity index (χ1n) is 10.5. The van der Waals surface area contributed by atoms with Crippen molar-refractivity contribution in [3.8, 4) is 23.4 Å². The van der Waals surface area contributed by atoms with Crippen LogP contribution in [-0.2, 0) is 12.0 Å². The molecule has 2 heterocycles. The molecule has 1 aliphatic rings. The number of allylic oxidation sites excluding steroid dienone is 1. The Morgan fingerprint density at radius 2 is 1.91 bits per heavy atom. The third kappa shape index (κ3) is 4.39. The molecule has 3 aromatic rings. The van der Waals surface area contributed by atoms with E-state index in [1.807, 2.05) is 24.3 Å². The van der Waals surface area contributed by atoms with Crippen molar-refractivity contribution in [2.75, 3.05) is 7.11 Å². The van der Waals surface area contributed by atoms with Gasteiger partial charge >= 0.3 is 0 Å². The van der Waals surface area contributed by atoms with Crippen molar-refractivity contribution in [3.05, 3.63) is 80.3 Å². The van der Waals surface area contributed by atoms with E-state index in [1.165, 1.54) is 0 Å². The summed E-state index contributed by atoms with van der Waals surface area (Å²) in [5.41, 5.74) is 9.46. The summed E-state index contributed by atoms with van der Waals surface area (Å²) in [5, 5.41) is 18.2. The number of halogens is 2. The topological polar surface area (TPSA) is 106 Å². The molecule has 1 aromatic heterocycles. The summed E-state index contributed by atoms with van der Waals surface area (Å²) in [6.45, 7) is 6.46. The van der Waals surface area contributed by atoms with Gasteiger partial charge in [-0.3, -0.25) is 5.10 Å². The number of ether oxygens (including phenoxy) is 3. The summed E-state index contributed by atoms with van der Waals surface area (Å²) < 4.78 is 17.3. The number of methoxy groups -OCH3 is 1. The fraction of sp³-hybridized carbons (Fsp3) is 0.280. The molecule has 4 rings (SSSR count). The Hall–Kier alpha value is -3.34. The first-order chi connectivity index (χ1) is 16.1. The molecule has 7 nitrogen and oxygen atoms in total. The quantitative estimate of drug-likeness (QED) is 0.458. The number of nitriles is 1. The van der Waals surface area contributed by atoms with E-state index in [0.717, 1.165) is 22.4 Å². The van der Waals surface area contributed by atoms with E-state index < -0.39 is 5.92 Å². The Bertz CT molecular complexity index is 1320. The van der Waals surface area contributed by atoms with Gasteiger partial charge in [0.25, 0.3) is 0 Å². The predicted octanol–water partition coefficient (Wildman–Crippen LogP) is 5.82. The number of rotatable bonds is 5. The molecule has 0 bridgehead atoms. The number of aromatic amines is 1. The van der Waals surface area contributed by atoms with Gasteiger partial charge in [0.05, 0.1) is 28.6 Å². The fourth-order valence-electron chi connectivity index (χ4n) is 3.92. The van der Waals surface area contributed by atoms with Crippen molar-refractivity contribution < 1.29 is 14.2 Å². The smallest absolute Gasteiger partial charge is 0.244 e. The average Bonchev–Trinajstić information content (AvgIpc) is 3.22. The Balaban J connectivity index is 1.72. The molecule has 0 radical (unpaired) electrons. The number of hydrogen-bond acceptors (Lipinski definition) is 6. The lowest BCUT2D eigenvalue weighted by Gasteiger charge is -2.27. The van der Waals surface area contributed by atoms with Crippen LogP contribution >= 0.6 is 23.2 Å². The van der Waals surface area contributed by atoms with E-state index in [4.69, 9.17) is 43.1 Å². The molecule has 3 N–H and O–H groups in total. The minimum Gasteiger partial charge on any atom is -0.493 e. The number of hydrogen-bond donors (Lipinski definition) is 2. The summed E-state index contributed by atoms with van der Waals surface area (Å²) in [4.78, 5) is 0. The summed E-state index contributed by atoms with van der Waals surface area (Å²) in [6.07, 6.45) is 0. The second kappa shape index (κ2) is 9.13. The molecule has 176 valence electrons. The maximum absolute atomic E-state index is 9.91. The van der Waals surface area contributed by atoms with Crippen LogP contribution in [0.25, 0.3) is 0 Å². The normalized spacial score (nSPS) is 15.4. The van der Waals surface area contributed by atoms with Gasteiger partial charge < -0.3 is 19.9 Å². The first kappa shape index (κ1) is 23.8. The van der Waals surface area contributed by atoms with E-state index >= 15 is 0 Å². The molecule has 2 aromatic carbocycles. The van der Waals surface area contributed by atoms with Gasteiger partial charge in [-0.25, -0.2) is 0 Å². The highest BCUT2D eigenvalue weighted by Crippen LogP contribution is 2.47. The number of nitrogens with two attached hydrogens (primary N) is 1. The van der Waals surface area contributed by atoms with Gasteiger partial charge in [0.2, 0.25) is 11.8 Å². The van der Waals surface area contributed by atoms with E-state index in [2.05, 4.69) is 37.0 Å². The van der Waals surface area contributed by atoms with Gasteiger partial charge in [-0.15, -0.1) is 5.10 Å². The Labute approximate surface area is 208 Å². The fourth-order valence-corrected chi connectivity index (χ4v) is 4.24. The maximum atomic E-state index is 9.91. The largest absolute Gasteiger partial charge is 0.493 e. The lowest BCUT2D eigenvalue weighted by molar-refractivity contribution is 0.284. The molecule has 0 saturated heterocycles.